The van der Waals surface area contributed by atoms with E-state index in [-0.39, 0.29) is 34.8 Å². The Morgan fingerprint density at radius 1 is 0.972 bits per heavy atom. The molecule has 1 aliphatic heterocycles. The highest BCUT2D eigenvalue weighted by molar-refractivity contribution is 6.18. The number of hydrogen-bond donors (Lipinski definition) is 0. The van der Waals surface area contributed by atoms with Crippen LogP contribution in [-0.2, 0) is 6.18 Å². The van der Waals surface area contributed by atoms with Crippen molar-refractivity contribution in [3.63, 3.8) is 0 Å². The summed E-state index contributed by atoms with van der Waals surface area (Å²) in [4.78, 5) is 27.4. The molecule has 0 unspecified atom stereocenters. The normalized spacial score (nSPS) is 16.5. The molecule has 36 heavy (non-hydrogen) atoms. The lowest BCUT2D eigenvalue weighted by Crippen LogP contribution is -2.48. The van der Waals surface area contributed by atoms with Crippen LogP contribution in [0, 0.1) is 5.82 Å². The summed E-state index contributed by atoms with van der Waals surface area (Å²) in [5.74, 6) is -0.906. The first-order chi connectivity index (χ1) is 17.0. The maximum absolute atomic E-state index is 13.9. The number of ketones is 2. The number of alkyl halides is 3. The minimum atomic E-state index is -4.53. The van der Waals surface area contributed by atoms with Gasteiger partial charge in [0.1, 0.15) is 17.2 Å². The fraction of sp³-hybridized carbons (Fsp3) is 0.310. The zero-order valence-electron chi connectivity index (χ0n) is 19.8. The van der Waals surface area contributed by atoms with Crippen molar-refractivity contribution in [1.29, 1.82) is 0 Å². The fourth-order valence-electron chi connectivity index (χ4n) is 5.10. The first-order valence-electron chi connectivity index (χ1n) is 11.9. The monoisotopic (exact) mass is 496 g/mol. The van der Waals surface area contributed by atoms with Crippen molar-refractivity contribution in [2.24, 2.45) is 0 Å². The zero-order valence-corrected chi connectivity index (χ0v) is 19.8. The van der Waals surface area contributed by atoms with Crippen molar-refractivity contribution in [1.82, 2.24) is 0 Å². The van der Waals surface area contributed by atoms with Crippen LogP contribution in [0.1, 0.15) is 82.9 Å². The molecule has 0 N–H and O–H groups in total. The van der Waals surface area contributed by atoms with E-state index in [1.807, 2.05) is 13.8 Å². The van der Waals surface area contributed by atoms with Crippen molar-refractivity contribution in [3.8, 4) is 16.9 Å². The zero-order chi connectivity index (χ0) is 25.8. The number of hydrogen-bond acceptors (Lipinski definition) is 3. The molecule has 1 spiro atoms. The summed E-state index contributed by atoms with van der Waals surface area (Å²) in [6, 6.07) is 11.2. The predicted molar refractivity (Wildman–Crippen MR) is 127 cm³/mol. The standard InChI is InChI=1S/C29H24F4O3/c1-16(2)21-14-23-26(22(34)15-28(36-23)12-3-13-28)24(17-6-10-20(30)11-7-17)25(21)27(35)18-4-8-19(9-5-18)29(31,32)33/h4-11,14,16H,3,12-13,15H2,1-2H3. The Bertz CT molecular complexity index is 1350. The van der Waals surface area contributed by atoms with Crippen LogP contribution in [0.4, 0.5) is 17.6 Å². The lowest BCUT2D eigenvalue weighted by Gasteiger charge is -2.45. The number of Topliss-reactive ketones (excluding diaryl/α,β-unsaturated/α-hetero) is 1. The van der Waals surface area contributed by atoms with E-state index in [0.29, 0.717) is 22.4 Å². The third-order valence-corrected chi connectivity index (χ3v) is 7.13. The minimum Gasteiger partial charge on any atom is -0.486 e. The second kappa shape index (κ2) is 8.57. The number of halogens is 4. The van der Waals surface area contributed by atoms with E-state index in [1.165, 1.54) is 24.3 Å². The van der Waals surface area contributed by atoms with E-state index in [1.54, 1.807) is 6.07 Å². The summed E-state index contributed by atoms with van der Waals surface area (Å²) in [5.41, 5.74) is 0.566. The summed E-state index contributed by atoms with van der Waals surface area (Å²) in [7, 11) is 0. The van der Waals surface area contributed by atoms with Gasteiger partial charge in [0.2, 0.25) is 0 Å². The molecular formula is C29H24F4O3. The van der Waals surface area contributed by atoms with E-state index in [0.717, 1.165) is 43.5 Å². The predicted octanol–water partition coefficient (Wildman–Crippen LogP) is 7.75. The molecule has 1 aliphatic carbocycles. The quantitative estimate of drug-likeness (QED) is 0.274. The van der Waals surface area contributed by atoms with Crippen LogP contribution in [0.2, 0.25) is 0 Å². The van der Waals surface area contributed by atoms with Gasteiger partial charge in [0.05, 0.1) is 17.5 Å². The summed E-state index contributed by atoms with van der Waals surface area (Å²) in [6.45, 7) is 3.78. The third kappa shape index (κ3) is 4.10. The SMILES string of the molecule is CC(C)c1cc2c(c(-c3ccc(F)cc3)c1C(=O)c1ccc(C(F)(F)F)cc1)C(=O)CC1(CCC1)O2. The van der Waals surface area contributed by atoms with Crippen molar-refractivity contribution in [2.45, 2.75) is 57.2 Å². The molecule has 3 nitrogen and oxygen atoms in total. The van der Waals surface area contributed by atoms with Gasteiger partial charge < -0.3 is 4.74 Å². The van der Waals surface area contributed by atoms with Gasteiger partial charge in [-0.3, -0.25) is 9.59 Å². The molecule has 3 aromatic rings. The largest absolute Gasteiger partial charge is 0.486 e. The Morgan fingerprint density at radius 3 is 2.14 bits per heavy atom. The second-order valence-electron chi connectivity index (χ2n) is 9.89. The molecule has 2 aliphatic rings. The molecule has 0 atom stereocenters. The Labute approximate surface area is 206 Å². The molecule has 0 saturated heterocycles. The Balaban J connectivity index is 1.75. The van der Waals surface area contributed by atoms with E-state index in [9.17, 15) is 27.2 Å². The highest BCUT2D eigenvalue weighted by Gasteiger charge is 2.47. The number of rotatable bonds is 4. The topological polar surface area (TPSA) is 43.4 Å². The van der Waals surface area contributed by atoms with Crippen molar-refractivity contribution in [2.75, 3.05) is 0 Å². The van der Waals surface area contributed by atoms with Crippen LogP contribution < -0.4 is 4.74 Å². The number of carbonyl (C=O) groups is 2. The molecule has 0 bridgehead atoms. The van der Waals surface area contributed by atoms with Crippen LogP contribution >= 0.6 is 0 Å². The highest BCUT2D eigenvalue weighted by atomic mass is 19.4. The molecule has 5 rings (SSSR count). The van der Waals surface area contributed by atoms with E-state index < -0.39 is 28.9 Å². The lowest BCUT2D eigenvalue weighted by molar-refractivity contribution is -0.137. The van der Waals surface area contributed by atoms with Gasteiger partial charge in [-0.2, -0.15) is 13.2 Å². The van der Waals surface area contributed by atoms with Crippen molar-refractivity contribution in [3.05, 3.63) is 88.2 Å². The Hall–Kier alpha value is -3.48. The van der Waals surface area contributed by atoms with Crippen LogP contribution in [0.15, 0.2) is 54.6 Å². The van der Waals surface area contributed by atoms with Crippen LogP contribution in [0.3, 0.4) is 0 Å². The van der Waals surface area contributed by atoms with E-state index >= 15 is 0 Å². The Morgan fingerprint density at radius 2 is 1.61 bits per heavy atom. The summed E-state index contributed by atoms with van der Waals surface area (Å²) >= 11 is 0. The van der Waals surface area contributed by atoms with Gasteiger partial charge in [-0.05, 0) is 66.6 Å². The minimum absolute atomic E-state index is 0.0628. The van der Waals surface area contributed by atoms with Crippen LogP contribution in [0.5, 0.6) is 5.75 Å². The van der Waals surface area contributed by atoms with Gasteiger partial charge in [0, 0.05) is 16.7 Å². The first-order valence-corrected chi connectivity index (χ1v) is 11.9. The molecule has 1 heterocycles. The average Bonchev–Trinajstić information content (AvgIpc) is 2.81. The summed E-state index contributed by atoms with van der Waals surface area (Å²) in [6.07, 6.45) is -1.84. The second-order valence-corrected chi connectivity index (χ2v) is 9.89. The van der Waals surface area contributed by atoms with E-state index in [2.05, 4.69) is 0 Å². The molecular weight excluding hydrogens is 472 g/mol. The molecule has 3 aromatic carbocycles. The van der Waals surface area contributed by atoms with Crippen molar-refractivity contribution >= 4 is 11.6 Å². The van der Waals surface area contributed by atoms with Gasteiger partial charge >= 0.3 is 6.18 Å². The van der Waals surface area contributed by atoms with Gasteiger partial charge in [0.15, 0.2) is 11.6 Å². The number of fused-ring (bicyclic) bond motifs is 1. The molecule has 0 radical (unpaired) electrons. The highest BCUT2D eigenvalue weighted by Crippen LogP contribution is 2.50. The van der Waals surface area contributed by atoms with E-state index in [4.69, 9.17) is 4.74 Å². The lowest BCUT2D eigenvalue weighted by atomic mass is 9.72. The molecule has 0 aromatic heterocycles. The van der Waals surface area contributed by atoms with Crippen LogP contribution in [0.25, 0.3) is 11.1 Å². The number of benzene rings is 3. The first kappa shape index (κ1) is 24.2. The fourth-order valence-corrected chi connectivity index (χ4v) is 5.10. The smallest absolute Gasteiger partial charge is 0.416 e. The maximum Gasteiger partial charge on any atom is 0.416 e. The van der Waals surface area contributed by atoms with Crippen LogP contribution in [-0.4, -0.2) is 17.2 Å². The summed E-state index contributed by atoms with van der Waals surface area (Å²) in [5, 5.41) is 0. The average molecular weight is 497 g/mol. The molecule has 7 heteroatoms. The molecule has 1 saturated carbocycles. The molecule has 1 fully saturated rings. The van der Waals surface area contributed by atoms with Gasteiger partial charge in [-0.1, -0.05) is 38.1 Å². The van der Waals surface area contributed by atoms with Gasteiger partial charge in [-0.15, -0.1) is 0 Å². The molecule has 186 valence electrons. The van der Waals surface area contributed by atoms with Gasteiger partial charge in [0.25, 0.3) is 0 Å². The third-order valence-electron chi connectivity index (χ3n) is 7.13. The molecule has 0 amide bonds. The van der Waals surface area contributed by atoms with Gasteiger partial charge in [-0.25, -0.2) is 4.39 Å². The number of ether oxygens (including phenoxy) is 1. The maximum atomic E-state index is 13.9. The number of carbonyl (C=O) groups excluding carboxylic acids is 2. The Kier molecular flexibility index (Phi) is 5.77. The van der Waals surface area contributed by atoms with Crippen molar-refractivity contribution < 1.29 is 31.9 Å². The summed E-state index contributed by atoms with van der Waals surface area (Å²) < 4.78 is 59.4.